The van der Waals surface area contributed by atoms with Crippen LogP contribution in [0.2, 0.25) is 0 Å². The quantitative estimate of drug-likeness (QED) is 0.855. The first-order valence-electron chi connectivity index (χ1n) is 8.62. The average molecular weight is 396 g/mol. The summed E-state index contributed by atoms with van der Waals surface area (Å²) in [4.78, 5) is 21.1. The Balaban J connectivity index is 1.50. The van der Waals surface area contributed by atoms with E-state index >= 15 is 0 Å². The highest BCUT2D eigenvalue weighted by molar-refractivity contribution is 5.89. The number of alkyl halides is 3. The van der Waals surface area contributed by atoms with E-state index in [1.54, 1.807) is 36.3 Å². The molecule has 28 heavy (non-hydrogen) atoms. The van der Waals surface area contributed by atoms with E-state index in [0.29, 0.717) is 37.4 Å². The Hall–Kier alpha value is -3.04. The van der Waals surface area contributed by atoms with E-state index in [-0.39, 0.29) is 18.1 Å². The monoisotopic (exact) mass is 396 g/mol. The summed E-state index contributed by atoms with van der Waals surface area (Å²) in [5, 5.41) is 2.79. The molecule has 1 saturated heterocycles. The SMILES string of the molecule is COc1ccc(NC(=O)N2CCC(Oc3nccc(C(F)(F)F)n3)CC2)cc1. The zero-order valence-corrected chi connectivity index (χ0v) is 15.1. The number of benzene rings is 1. The molecular formula is C18H19F3N4O3. The van der Waals surface area contributed by atoms with Gasteiger partial charge in [0.1, 0.15) is 11.9 Å². The Morgan fingerprint density at radius 3 is 2.46 bits per heavy atom. The van der Waals surface area contributed by atoms with E-state index in [4.69, 9.17) is 9.47 Å². The molecule has 10 heteroatoms. The molecule has 1 aromatic carbocycles. The fraction of sp³-hybridized carbons (Fsp3) is 0.389. The number of anilines is 1. The Labute approximate surface area is 159 Å². The van der Waals surface area contributed by atoms with Crippen LogP contribution < -0.4 is 14.8 Å². The smallest absolute Gasteiger partial charge is 0.433 e. The number of rotatable bonds is 4. The summed E-state index contributed by atoms with van der Waals surface area (Å²) < 4.78 is 48.6. The lowest BCUT2D eigenvalue weighted by Gasteiger charge is -2.31. The van der Waals surface area contributed by atoms with Crippen LogP contribution in [0.25, 0.3) is 0 Å². The van der Waals surface area contributed by atoms with Crippen LogP contribution in [0.15, 0.2) is 36.5 Å². The number of halogens is 3. The number of carbonyl (C=O) groups is 1. The van der Waals surface area contributed by atoms with Gasteiger partial charge in [-0.15, -0.1) is 0 Å². The topological polar surface area (TPSA) is 76.6 Å². The number of hydrogen-bond acceptors (Lipinski definition) is 5. The first kappa shape index (κ1) is 19.7. The van der Waals surface area contributed by atoms with Crippen LogP contribution in [-0.2, 0) is 6.18 Å². The summed E-state index contributed by atoms with van der Waals surface area (Å²) >= 11 is 0. The van der Waals surface area contributed by atoms with Crippen LogP contribution in [-0.4, -0.2) is 47.2 Å². The molecule has 7 nitrogen and oxygen atoms in total. The summed E-state index contributed by atoms with van der Waals surface area (Å²) in [5.74, 6) is 0.688. The van der Waals surface area contributed by atoms with Gasteiger partial charge in [0.15, 0.2) is 5.69 Å². The molecule has 1 N–H and O–H groups in total. The number of nitrogens with one attached hydrogen (secondary N) is 1. The number of amides is 2. The standard InChI is InChI=1S/C18H19F3N4O3/c1-27-13-4-2-12(3-5-13)23-17(26)25-10-7-14(8-11-25)28-16-22-9-6-15(24-16)18(19,20)21/h2-6,9,14H,7-8,10-11H2,1H3,(H,23,26). The first-order valence-corrected chi connectivity index (χ1v) is 8.62. The number of aromatic nitrogens is 2. The van der Waals surface area contributed by atoms with Crippen LogP contribution in [0.3, 0.4) is 0 Å². The van der Waals surface area contributed by atoms with Crippen LogP contribution in [0.1, 0.15) is 18.5 Å². The van der Waals surface area contributed by atoms with Gasteiger partial charge >= 0.3 is 18.2 Å². The van der Waals surface area contributed by atoms with Gasteiger partial charge in [0.2, 0.25) is 0 Å². The third-order valence-electron chi connectivity index (χ3n) is 4.27. The maximum atomic E-state index is 12.7. The molecule has 0 bridgehead atoms. The Morgan fingerprint density at radius 1 is 1.18 bits per heavy atom. The van der Waals surface area contributed by atoms with Gasteiger partial charge in [0, 0.05) is 37.8 Å². The third kappa shape index (κ3) is 5.02. The van der Waals surface area contributed by atoms with Crippen molar-refractivity contribution in [3.63, 3.8) is 0 Å². The molecule has 1 aromatic heterocycles. The highest BCUT2D eigenvalue weighted by atomic mass is 19.4. The zero-order chi connectivity index (χ0) is 20.1. The van der Waals surface area contributed by atoms with Crippen molar-refractivity contribution in [3.8, 4) is 11.8 Å². The zero-order valence-electron chi connectivity index (χ0n) is 15.1. The number of carbonyl (C=O) groups excluding carboxylic acids is 1. The van der Waals surface area contributed by atoms with E-state index < -0.39 is 11.9 Å². The van der Waals surface area contributed by atoms with Gasteiger partial charge in [-0.1, -0.05) is 0 Å². The van der Waals surface area contributed by atoms with Gasteiger partial charge in [-0.05, 0) is 30.3 Å². The molecule has 1 aliphatic heterocycles. The molecule has 0 radical (unpaired) electrons. The van der Waals surface area contributed by atoms with Crippen molar-refractivity contribution in [1.82, 2.24) is 14.9 Å². The van der Waals surface area contributed by atoms with Gasteiger partial charge in [-0.3, -0.25) is 0 Å². The van der Waals surface area contributed by atoms with Gasteiger partial charge in [-0.25, -0.2) is 9.78 Å². The van der Waals surface area contributed by atoms with Crippen molar-refractivity contribution < 1.29 is 27.4 Å². The fourth-order valence-electron chi connectivity index (χ4n) is 2.76. The number of urea groups is 1. The van der Waals surface area contributed by atoms with E-state index in [1.165, 1.54) is 0 Å². The van der Waals surface area contributed by atoms with Crippen LogP contribution >= 0.6 is 0 Å². The molecule has 1 aliphatic rings. The largest absolute Gasteiger partial charge is 0.497 e. The van der Waals surface area contributed by atoms with Crippen LogP contribution in [0.5, 0.6) is 11.8 Å². The fourth-order valence-corrected chi connectivity index (χ4v) is 2.76. The molecular weight excluding hydrogens is 377 g/mol. The highest BCUT2D eigenvalue weighted by Gasteiger charge is 2.33. The summed E-state index contributed by atoms with van der Waals surface area (Å²) in [6.45, 7) is 0.817. The number of piperidine rings is 1. The van der Waals surface area contributed by atoms with Gasteiger partial charge in [-0.2, -0.15) is 18.2 Å². The molecule has 0 saturated carbocycles. The molecule has 0 atom stereocenters. The number of ether oxygens (including phenoxy) is 2. The van der Waals surface area contributed by atoms with Crippen molar-refractivity contribution >= 4 is 11.7 Å². The van der Waals surface area contributed by atoms with Crippen LogP contribution in [0, 0.1) is 0 Å². The molecule has 2 heterocycles. The normalized spacial score (nSPS) is 15.2. The van der Waals surface area contributed by atoms with E-state index in [9.17, 15) is 18.0 Å². The highest BCUT2D eigenvalue weighted by Crippen LogP contribution is 2.28. The molecule has 0 spiro atoms. The van der Waals surface area contributed by atoms with Crippen molar-refractivity contribution in [3.05, 3.63) is 42.2 Å². The summed E-state index contributed by atoms with van der Waals surface area (Å²) in [7, 11) is 1.56. The molecule has 2 amide bonds. The summed E-state index contributed by atoms with van der Waals surface area (Å²) in [5.41, 5.74) is -0.407. The lowest BCUT2D eigenvalue weighted by Crippen LogP contribution is -2.43. The molecule has 0 unspecified atom stereocenters. The molecule has 0 aliphatic carbocycles. The number of hydrogen-bond donors (Lipinski definition) is 1. The minimum Gasteiger partial charge on any atom is -0.497 e. The lowest BCUT2D eigenvalue weighted by molar-refractivity contribution is -0.141. The van der Waals surface area contributed by atoms with E-state index in [1.807, 2.05) is 0 Å². The molecule has 3 rings (SSSR count). The Morgan fingerprint density at radius 2 is 1.86 bits per heavy atom. The minimum absolute atomic E-state index is 0.251. The van der Waals surface area contributed by atoms with Crippen molar-refractivity contribution in [2.75, 3.05) is 25.5 Å². The second-order valence-electron chi connectivity index (χ2n) is 6.19. The second kappa shape index (κ2) is 8.32. The van der Waals surface area contributed by atoms with Gasteiger partial charge < -0.3 is 19.7 Å². The predicted molar refractivity (Wildman–Crippen MR) is 94.3 cm³/mol. The third-order valence-corrected chi connectivity index (χ3v) is 4.27. The second-order valence-corrected chi connectivity index (χ2v) is 6.19. The average Bonchev–Trinajstić information content (AvgIpc) is 2.69. The molecule has 2 aromatic rings. The van der Waals surface area contributed by atoms with Gasteiger partial charge in [0.25, 0.3) is 0 Å². The maximum absolute atomic E-state index is 12.7. The Bertz CT molecular complexity index is 806. The van der Waals surface area contributed by atoms with E-state index in [2.05, 4.69) is 15.3 Å². The van der Waals surface area contributed by atoms with Crippen molar-refractivity contribution in [1.29, 1.82) is 0 Å². The molecule has 150 valence electrons. The summed E-state index contributed by atoms with van der Waals surface area (Å²) in [6.07, 6.45) is -2.95. The number of nitrogens with zero attached hydrogens (tertiary/aromatic N) is 3. The van der Waals surface area contributed by atoms with Gasteiger partial charge in [0.05, 0.1) is 7.11 Å². The summed E-state index contributed by atoms with van der Waals surface area (Å²) in [6, 6.07) is 7.18. The first-order chi connectivity index (χ1) is 13.3. The Kier molecular flexibility index (Phi) is 5.86. The van der Waals surface area contributed by atoms with E-state index in [0.717, 1.165) is 12.3 Å². The van der Waals surface area contributed by atoms with Crippen LogP contribution in [0.4, 0.5) is 23.7 Å². The number of likely N-dealkylation sites (tertiary alicyclic amines) is 1. The van der Waals surface area contributed by atoms with Crippen molar-refractivity contribution in [2.24, 2.45) is 0 Å². The lowest BCUT2D eigenvalue weighted by atomic mass is 10.1. The molecule has 1 fully saturated rings. The minimum atomic E-state index is -4.55. The number of methoxy groups -OCH3 is 1. The maximum Gasteiger partial charge on any atom is 0.433 e. The van der Waals surface area contributed by atoms with Crippen molar-refractivity contribution in [2.45, 2.75) is 25.1 Å². The predicted octanol–water partition coefficient (Wildman–Crippen LogP) is 3.58.